The average molecular weight is 420 g/mol. The number of rotatable bonds is 3. The molecule has 30 heavy (non-hydrogen) atoms. The Hall–Kier alpha value is -2.78. The van der Waals surface area contributed by atoms with Gasteiger partial charge in [0.1, 0.15) is 5.75 Å². The molecule has 3 aromatic carbocycles. The van der Waals surface area contributed by atoms with Gasteiger partial charge in [-0.3, -0.25) is 4.79 Å². The fourth-order valence-electron chi connectivity index (χ4n) is 4.82. The van der Waals surface area contributed by atoms with Crippen LogP contribution < -0.4 is 9.64 Å². The van der Waals surface area contributed by atoms with Crippen LogP contribution in [0.25, 0.3) is 0 Å². The van der Waals surface area contributed by atoms with E-state index in [9.17, 15) is 4.79 Å². The van der Waals surface area contributed by atoms with Gasteiger partial charge >= 0.3 is 0 Å². The third-order valence-corrected chi connectivity index (χ3v) is 6.40. The molecule has 0 fully saturated rings. The van der Waals surface area contributed by atoms with Crippen molar-refractivity contribution in [3.63, 3.8) is 0 Å². The van der Waals surface area contributed by atoms with E-state index in [-0.39, 0.29) is 16.9 Å². The van der Waals surface area contributed by atoms with Crippen LogP contribution in [0.2, 0.25) is 5.02 Å². The van der Waals surface area contributed by atoms with Crippen molar-refractivity contribution in [3.8, 4) is 5.75 Å². The number of ether oxygens (including phenoxy) is 1. The number of hydrogen-bond donors (Lipinski definition) is 0. The van der Waals surface area contributed by atoms with Crippen LogP contribution in [0.5, 0.6) is 5.75 Å². The molecule has 0 bridgehead atoms. The van der Waals surface area contributed by atoms with E-state index in [4.69, 9.17) is 16.3 Å². The second kappa shape index (κ2) is 7.48. The minimum absolute atomic E-state index is 0.0131. The highest BCUT2D eigenvalue weighted by Crippen LogP contribution is 2.50. The summed E-state index contributed by atoms with van der Waals surface area (Å²) in [5.41, 5.74) is 3.32. The van der Waals surface area contributed by atoms with E-state index in [1.54, 1.807) is 31.4 Å². The van der Waals surface area contributed by atoms with Crippen LogP contribution in [-0.4, -0.2) is 18.6 Å². The molecular formula is C26H26ClNO2. The molecule has 0 unspecified atom stereocenters. The van der Waals surface area contributed by atoms with Crippen molar-refractivity contribution in [2.24, 2.45) is 0 Å². The van der Waals surface area contributed by atoms with Crippen molar-refractivity contribution in [2.75, 3.05) is 12.0 Å². The highest BCUT2D eigenvalue weighted by Gasteiger charge is 2.47. The molecule has 1 atom stereocenters. The van der Waals surface area contributed by atoms with Crippen LogP contribution in [0.15, 0.2) is 72.8 Å². The van der Waals surface area contributed by atoms with Gasteiger partial charge in [-0.2, -0.15) is 0 Å². The Balaban J connectivity index is 1.85. The predicted octanol–water partition coefficient (Wildman–Crippen LogP) is 6.48. The van der Waals surface area contributed by atoms with E-state index in [2.05, 4.69) is 39.0 Å². The van der Waals surface area contributed by atoms with Gasteiger partial charge in [0.2, 0.25) is 0 Å². The van der Waals surface area contributed by atoms with Crippen molar-refractivity contribution in [3.05, 3.63) is 94.5 Å². The minimum atomic E-state index is -0.389. The SMILES string of the molecule is COc1ccc([C@@]2(C)CC(C)(C)N(C(=O)c3ccc(Cl)cc3)c3ccccc32)cc1. The smallest absolute Gasteiger partial charge is 0.258 e. The number of nitrogens with zero attached hydrogens (tertiary/aromatic N) is 1. The number of benzene rings is 3. The van der Waals surface area contributed by atoms with Gasteiger partial charge in [0.15, 0.2) is 0 Å². The monoisotopic (exact) mass is 419 g/mol. The molecule has 0 radical (unpaired) electrons. The van der Waals surface area contributed by atoms with E-state index < -0.39 is 0 Å². The van der Waals surface area contributed by atoms with Crippen molar-refractivity contribution in [1.29, 1.82) is 0 Å². The van der Waals surface area contributed by atoms with Gasteiger partial charge < -0.3 is 9.64 Å². The van der Waals surface area contributed by atoms with Gasteiger partial charge in [0, 0.05) is 27.2 Å². The fraction of sp³-hybridized carbons (Fsp3) is 0.269. The van der Waals surface area contributed by atoms with E-state index in [0.29, 0.717) is 10.6 Å². The number of fused-ring (bicyclic) bond motifs is 1. The second-order valence-corrected chi connectivity index (χ2v) is 9.15. The quantitative estimate of drug-likeness (QED) is 0.486. The van der Waals surface area contributed by atoms with E-state index in [0.717, 1.165) is 23.4 Å². The zero-order valence-corrected chi connectivity index (χ0v) is 18.5. The maximum atomic E-state index is 13.6. The maximum Gasteiger partial charge on any atom is 0.258 e. The summed E-state index contributed by atoms with van der Waals surface area (Å²) < 4.78 is 5.34. The lowest BCUT2D eigenvalue weighted by Gasteiger charge is -2.51. The summed E-state index contributed by atoms with van der Waals surface area (Å²) in [6, 6.07) is 23.6. The first-order valence-corrected chi connectivity index (χ1v) is 10.5. The van der Waals surface area contributed by atoms with Crippen LogP contribution in [0.1, 0.15) is 48.7 Å². The van der Waals surface area contributed by atoms with E-state index in [1.165, 1.54) is 5.56 Å². The Labute approximate surface area is 183 Å². The highest BCUT2D eigenvalue weighted by molar-refractivity contribution is 6.30. The molecule has 3 aromatic rings. The Morgan fingerprint density at radius 2 is 1.57 bits per heavy atom. The third kappa shape index (κ3) is 3.37. The predicted molar refractivity (Wildman–Crippen MR) is 123 cm³/mol. The number of methoxy groups -OCH3 is 1. The molecule has 3 nitrogen and oxygen atoms in total. The first-order chi connectivity index (χ1) is 14.3. The molecule has 1 amide bonds. The van der Waals surface area contributed by atoms with E-state index in [1.807, 2.05) is 35.2 Å². The summed E-state index contributed by atoms with van der Waals surface area (Å²) in [4.78, 5) is 15.5. The molecule has 1 aliphatic heterocycles. The van der Waals surface area contributed by atoms with Crippen LogP contribution in [0.4, 0.5) is 5.69 Å². The lowest BCUT2D eigenvalue weighted by atomic mass is 9.65. The van der Waals surface area contributed by atoms with Crippen LogP contribution in [0, 0.1) is 0 Å². The van der Waals surface area contributed by atoms with Crippen LogP contribution in [-0.2, 0) is 5.41 Å². The van der Waals surface area contributed by atoms with Crippen LogP contribution >= 0.6 is 11.6 Å². The molecule has 0 aromatic heterocycles. The zero-order chi connectivity index (χ0) is 21.5. The van der Waals surface area contributed by atoms with Gasteiger partial charge in [-0.15, -0.1) is 0 Å². The number of para-hydroxylation sites is 1. The van der Waals surface area contributed by atoms with Gasteiger partial charge in [0.25, 0.3) is 5.91 Å². The molecule has 0 N–H and O–H groups in total. The highest BCUT2D eigenvalue weighted by atomic mass is 35.5. The van der Waals surface area contributed by atoms with Gasteiger partial charge in [0.05, 0.1) is 7.11 Å². The Morgan fingerprint density at radius 3 is 2.20 bits per heavy atom. The van der Waals surface area contributed by atoms with Crippen molar-refractivity contribution < 1.29 is 9.53 Å². The Morgan fingerprint density at radius 1 is 0.933 bits per heavy atom. The zero-order valence-electron chi connectivity index (χ0n) is 17.8. The molecule has 154 valence electrons. The molecule has 1 aliphatic rings. The Kier molecular flexibility index (Phi) is 5.11. The minimum Gasteiger partial charge on any atom is -0.497 e. The number of carbonyl (C=O) groups is 1. The standard InChI is InChI=1S/C26H26ClNO2/c1-25(2)17-26(3,19-11-15-21(30-4)16-12-19)22-7-5-6-8-23(22)28(25)24(29)18-9-13-20(27)14-10-18/h5-16H,17H2,1-4H3/t26-/m1/s1. The molecule has 0 saturated carbocycles. The largest absolute Gasteiger partial charge is 0.497 e. The van der Waals surface area contributed by atoms with Gasteiger partial charge in [-0.05, 0) is 73.9 Å². The number of hydrogen-bond acceptors (Lipinski definition) is 2. The molecule has 1 heterocycles. The van der Waals surface area contributed by atoms with Crippen molar-refractivity contribution >= 4 is 23.2 Å². The summed E-state index contributed by atoms with van der Waals surface area (Å²) in [6.07, 6.45) is 0.794. The second-order valence-electron chi connectivity index (χ2n) is 8.71. The number of anilines is 1. The molecule has 0 spiro atoms. The summed E-state index contributed by atoms with van der Waals surface area (Å²) in [5.74, 6) is 0.825. The summed E-state index contributed by atoms with van der Waals surface area (Å²) in [6.45, 7) is 6.54. The van der Waals surface area contributed by atoms with Gasteiger partial charge in [-0.25, -0.2) is 0 Å². The number of halogens is 1. The lowest BCUT2D eigenvalue weighted by Crippen LogP contribution is -2.55. The van der Waals surface area contributed by atoms with Gasteiger partial charge in [-0.1, -0.05) is 48.9 Å². The maximum absolute atomic E-state index is 13.6. The first kappa shape index (κ1) is 20.5. The molecule has 4 heteroatoms. The van der Waals surface area contributed by atoms with E-state index >= 15 is 0 Å². The Bertz CT molecular complexity index is 1070. The normalized spacial score (nSPS) is 19.8. The molecule has 4 rings (SSSR count). The van der Waals surface area contributed by atoms with Crippen molar-refractivity contribution in [1.82, 2.24) is 0 Å². The molecular weight excluding hydrogens is 394 g/mol. The topological polar surface area (TPSA) is 29.5 Å². The molecule has 0 aliphatic carbocycles. The fourth-order valence-corrected chi connectivity index (χ4v) is 4.95. The summed E-state index contributed by atoms with van der Waals surface area (Å²) >= 11 is 6.03. The van der Waals surface area contributed by atoms with Crippen molar-refractivity contribution in [2.45, 2.75) is 38.1 Å². The summed E-state index contributed by atoms with van der Waals surface area (Å²) in [5, 5.41) is 0.622. The van der Waals surface area contributed by atoms with Crippen LogP contribution in [0.3, 0.4) is 0 Å². The lowest BCUT2D eigenvalue weighted by molar-refractivity contribution is 0.0948. The number of carbonyl (C=O) groups excluding carboxylic acids is 1. The third-order valence-electron chi connectivity index (χ3n) is 6.15. The summed E-state index contributed by atoms with van der Waals surface area (Å²) in [7, 11) is 1.68. The average Bonchev–Trinajstić information content (AvgIpc) is 2.73. The molecule has 0 saturated heterocycles. The number of amides is 1. The first-order valence-electron chi connectivity index (χ1n) is 10.1.